The molecule has 1 fully saturated rings. The van der Waals surface area contributed by atoms with E-state index in [0.717, 1.165) is 28.3 Å². The number of benzene rings is 1. The molecule has 34 heavy (non-hydrogen) atoms. The van der Waals surface area contributed by atoms with Crippen molar-refractivity contribution in [2.75, 3.05) is 13.2 Å². The zero-order valence-corrected chi connectivity index (χ0v) is 20.0. The van der Waals surface area contributed by atoms with Crippen LogP contribution >= 0.6 is 12.2 Å². The number of hydrogen-bond donors (Lipinski definition) is 2. The van der Waals surface area contributed by atoms with E-state index in [9.17, 15) is 14.7 Å². The molecule has 1 aliphatic heterocycles. The van der Waals surface area contributed by atoms with Gasteiger partial charge in [-0.25, -0.2) is 4.79 Å². The number of nitrogens with one attached hydrogen (secondary N) is 1. The Morgan fingerprint density at radius 1 is 1.18 bits per heavy atom. The van der Waals surface area contributed by atoms with Gasteiger partial charge >= 0.3 is 11.9 Å². The lowest BCUT2D eigenvalue weighted by Crippen LogP contribution is -2.35. The summed E-state index contributed by atoms with van der Waals surface area (Å²) in [5, 5.41) is 13.2. The maximum absolute atomic E-state index is 12.4. The lowest BCUT2D eigenvalue weighted by molar-refractivity contribution is -0.143. The van der Waals surface area contributed by atoms with Crippen molar-refractivity contribution in [2.24, 2.45) is 0 Å². The molecule has 4 rings (SSSR count). The van der Waals surface area contributed by atoms with Crippen LogP contribution in [0.3, 0.4) is 0 Å². The first-order chi connectivity index (χ1) is 16.3. The summed E-state index contributed by atoms with van der Waals surface area (Å²) in [6, 6.07) is 14.0. The molecule has 176 valence electrons. The van der Waals surface area contributed by atoms with Crippen molar-refractivity contribution in [1.82, 2.24) is 19.8 Å². The average molecular weight is 479 g/mol. The summed E-state index contributed by atoms with van der Waals surface area (Å²) in [6.45, 7) is 6.01. The molecule has 1 aliphatic rings. The number of carbonyl (C=O) groups is 2. The van der Waals surface area contributed by atoms with Gasteiger partial charge in [0.1, 0.15) is 6.54 Å². The standard InChI is InChI=1S/C25H26N4O4S/c1-4-33-21(30)14-28-23(22(27-25(28)34)20-10-5-6-11-26-20)19-12-15(2)29(16(19)3)18-9-7-8-17(13-18)24(31)32/h5-13,22-23H,4,14H2,1-3H3,(H,27,34)(H,31,32). The summed E-state index contributed by atoms with van der Waals surface area (Å²) in [4.78, 5) is 30.3. The number of hydrogen-bond acceptors (Lipinski definition) is 5. The van der Waals surface area contributed by atoms with E-state index >= 15 is 0 Å². The third-order valence-electron chi connectivity index (χ3n) is 5.94. The topological polar surface area (TPSA) is 96.7 Å². The molecule has 0 saturated carbocycles. The number of carbonyl (C=O) groups excluding carboxylic acids is 1. The predicted octanol–water partition coefficient (Wildman–Crippen LogP) is 3.72. The van der Waals surface area contributed by atoms with E-state index in [-0.39, 0.29) is 36.8 Å². The lowest BCUT2D eigenvalue weighted by atomic mass is 9.97. The van der Waals surface area contributed by atoms with Crippen LogP contribution in [0.15, 0.2) is 54.7 Å². The third-order valence-corrected chi connectivity index (χ3v) is 6.30. The second kappa shape index (κ2) is 9.64. The highest BCUT2D eigenvalue weighted by Crippen LogP contribution is 2.41. The fraction of sp³-hybridized carbons (Fsp3) is 0.280. The molecule has 0 amide bonds. The molecule has 2 N–H and O–H groups in total. The number of carboxylic acid groups (broad SMARTS) is 1. The smallest absolute Gasteiger partial charge is 0.335 e. The lowest BCUT2D eigenvalue weighted by Gasteiger charge is -2.27. The molecule has 1 saturated heterocycles. The Labute approximate surface area is 203 Å². The van der Waals surface area contributed by atoms with Crippen LogP contribution in [0.5, 0.6) is 0 Å². The van der Waals surface area contributed by atoms with E-state index in [2.05, 4.69) is 16.4 Å². The van der Waals surface area contributed by atoms with Crippen molar-refractivity contribution in [3.63, 3.8) is 0 Å². The molecule has 3 aromatic rings. The summed E-state index contributed by atoms with van der Waals surface area (Å²) in [7, 11) is 0. The van der Waals surface area contributed by atoms with Gasteiger partial charge in [-0.05, 0) is 75.0 Å². The number of nitrogens with zero attached hydrogens (tertiary/aromatic N) is 3. The van der Waals surface area contributed by atoms with E-state index in [1.165, 1.54) is 0 Å². The van der Waals surface area contributed by atoms with Crippen LogP contribution in [0, 0.1) is 13.8 Å². The number of thiocarbonyl (C=S) groups is 1. The summed E-state index contributed by atoms with van der Waals surface area (Å²) < 4.78 is 7.21. The number of pyridine rings is 1. The van der Waals surface area contributed by atoms with Crippen LogP contribution in [0.4, 0.5) is 0 Å². The second-order valence-corrected chi connectivity index (χ2v) is 8.46. The normalized spacial score (nSPS) is 17.5. The Morgan fingerprint density at radius 2 is 1.97 bits per heavy atom. The Morgan fingerprint density at radius 3 is 2.65 bits per heavy atom. The van der Waals surface area contributed by atoms with Gasteiger partial charge in [0, 0.05) is 23.3 Å². The summed E-state index contributed by atoms with van der Waals surface area (Å²) in [5.74, 6) is -1.34. The average Bonchev–Trinajstić information content (AvgIpc) is 3.29. The Balaban J connectivity index is 1.82. The highest BCUT2D eigenvalue weighted by Gasteiger charge is 2.42. The highest BCUT2D eigenvalue weighted by molar-refractivity contribution is 7.80. The number of carboxylic acids is 1. The van der Waals surface area contributed by atoms with Gasteiger partial charge in [0.05, 0.1) is 29.9 Å². The monoisotopic (exact) mass is 478 g/mol. The van der Waals surface area contributed by atoms with Crippen molar-refractivity contribution in [3.8, 4) is 5.69 Å². The quantitative estimate of drug-likeness (QED) is 0.392. The zero-order valence-electron chi connectivity index (χ0n) is 19.2. The van der Waals surface area contributed by atoms with Gasteiger partial charge in [-0.3, -0.25) is 9.78 Å². The van der Waals surface area contributed by atoms with Crippen LogP contribution in [-0.2, 0) is 9.53 Å². The number of rotatable bonds is 7. The van der Waals surface area contributed by atoms with E-state index in [4.69, 9.17) is 17.0 Å². The molecule has 2 atom stereocenters. The van der Waals surface area contributed by atoms with Crippen LogP contribution in [0.2, 0.25) is 0 Å². The Hall–Kier alpha value is -3.72. The maximum atomic E-state index is 12.4. The molecule has 8 nitrogen and oxygen atoms in total. The van der Waals surface area contributed by atoms with E-state index in [1.54, 1.807) is 31.3 Å². The molecule has 0 radical (unpaired) electrons. The minimum Gasteiger partial charge on any atom is -0.478 e. The Kier molecular flexibility index (Phi) is 6.65. The van der Waals surface area contributed by atoms with Crippen molar-refractivity contribution >= 4 is 29.3 Å². The SMILES string of the molecule is CCOC(=O)CN1C(=S)NC(c2ccccn2)C1c1cc(C)n(-c2cccc(C(=O)O)c2)c1C. The maximum Gasteiger partial charge on any atom is 0.335 e. The molecule has 2 aromatic heterocycles. The first-order valence-electron chi connectivity index (χ1n) is 11.0. The number of esters is 1. The molecular weight excluding hydrogens is 452 g/mol. The Bertz CT molecular complexity index is 1240. The van der Waals surface area contributed by atoms with Gasteiger partial charge in [-0.1, -0.05) is 12.1 Å². The van der Waals surface area contributed by atoms with E-state index in [1.807, 2.05) is 47.6 Å². The van der Waals surface area contributed by atoms with Gasteiger partial charge in [-0.15, -0.1) is 0 Å². The van der Waals surface area contributed by atoms with Gasteiger partial charge < -0.3 is 24.6 Å². The van der Waals surface area contributed by atoms with Crippen molar-refractivity contribution < 1.29 is 19.4 Å². The minimum absolute atomic E-state index is 0.00579. The highest BCUT2D eigenvalue weighted by atomic mass is 32.1. The van der Waals surface area contributed by atoms with Gasteiger partial charge in [0.25, 0.3) is 0 Å². The summed E-state index contributed by atoms with van der Waals surface area (Å²) in [5.41, 5.74) is 4.59. The van der Waals surface area contributed by atoms with Gasteiger partial charge in [0.2, 0.25) is 0 Å². The van der Waals surface area contributed by atoms with Crippen molar-refractivity contribution in [3.05, 3.63) is 82.9 Å². The number of aryl methyl sites for hydroxylation is 1. The molecule has 2 unspecified atom stereocenters. The molecule has 3 heterocycles. The van der Waals surface area contributed by atoms with Crippen LogP contribution in [0.1, 0.15) is 52.0 Å². The van der Waals surface area contributed by atoms with Crippen LogP contribution in [0.25, 0.3) is 5.69 Å². The second-order valence-electron chi connectivity index (χ2n) is 8.08. The van der Waals surface area contributed by atoms with E-state index < -0.39 is 5.97 Å². The van der Waals surface area contributed by atoms with Crippen molar-refractivity contribution in [2.45, 2.75) is 32.9 Å². The molecule has 1 aromatic carbocycles. The van der Waals surface area contributed by atoms with Crippen molar-refractivity contribution in [1.29, 1.82) is 0 Å². The van der Waals surface area contributed by atoms with Crippen LogP contribution in [-0.4, -0.2) is 49.8 Å². The zero-order chi connectivity index (χ0) is 24.4. The van der Waals surface area contributed by atoms with Gasteiger partial charge in [0.15, 0.2) is 5.11 Å². The summed E-state index contributed by atoms with van der Waals surface area (Å²) in [6.07, 6.45) is 1.73. The fourth-order valence-corrected chi connectivity index (χ4v) is 4.83. The third kappa shape index (κ3) is 4.38. The molecule has 0 spiro atoms. The van der Waals surface area contributed by atoms with Crippen LogP contribution < -0.4 is 5.32 Å². The fourth-order valence-electron chi connectivity index (χ4n) is 4.52. The first-order valence-corrected chi connectivity index (χ1v) is 11.4. The predicted molar refractivity (Wildman–Crippen MR) is 131 cm³/mol. The van der Waals surface area contributed by atoms with Gasteiger partial charge in [-0.2, -0.15) is 0 Å². The largest absolute Gasteiger partial charge is 0.478 e. The summed E-state index contributed by atoms with van der Waals surface area (Å²) >= 11 is 5.63. The number of ether oxygens (including phenoxy) is 1. The molecule has 0 bridgehead atoms. The molecule has 9 heteroatoms. The first kappa shape index (κ1) is 23.4. The number of aromatic carboxylic acids is 1. The molecular formula is C25H26N4O4S. The van der Waals surface area contributed by atoms with E-state index in [0.29, 0.717) is 5.11 Å². The minimum atomic E-state index is -0.981. The number of aromatic nitrogens is 2. The molecule has 0 aliphatic carbocycles.